The van der Waals surface area contributed by atoms with Crippen molar-refractivity contribution >= 4 is 28.2 Å². The molecule has 3 aromatic heterocycles. The van der Waals surface area contributed by atoms with Crippen molar-refractivity contribution in [1.82, 2.24) is 15.0 Å². The van der Waals surface area contributed by atoms with Crippen molar-refractivity contribution < 1.29 is 5.11 Å². The maximum Gasteiger partial charge on any atom is 0.259 e. The van der Waals surface area contributed by atoms with Crippen molar-refractivity contribution in [3.05, 3.63) is 52.6 Å². The van der Waals surface area contributed by atoms with E-state index in [2.05, 4.69) is 25.6 Å². The minimum absolute atomic E-state index is 0.0758. The molecule has 0 spiro atoms. The Hall–Kier alpha value is -2.93. The van der Waals surface area contributed by atoms with Crippen LogP contribution < -0.4 is 16.2 Å². The summed E-state index contributed by atoms with van der Waals surface area (Å²) in [5.41, 5.74) is 0.887. The van der Waals surface area contributed by atoms with E-state index < -0.39 is 0 Å². The number of nitrogens with zero attached hydrogens (tertiary/aromatic N) is 2. The molecule has 7 heteroatoms. The molecule has 0 fully saturated rings. The number of pyridine rings is 3. The summed E-state index contributed by atoms with van der Waals surface area (Å²) in [5, 5.41) is 16.5. The van der Waals surface area contributed by atoms with E-state index in [0.717, 1.165) is 10.9 Å². The molecule has 0 amide bonds. The van der Waals surface area contributed by atoms with E-state index in [4.69, 9.17) is 5.11 Å². The number of aromatic amines is 1. The Morgan fingerprint density at radius 2 is 2.12 bits per heavy atom. The van der Waals surface area contributed by atoms with Gasteiger partial charge in [0.05, 0.1) is 5.39 Å². The second kappa shape index (κ2) is 7.10. The first-order chi connectivity index (χ1) is 11.7. The van der Waals surface area contributed by atoms with Gasteiger partial charge in [-0.05, 0) is 48.6 Å². The second-order valence-corrected chi connectivity index (χ2v) is 5.47. The van der Waals surface area contributed by atoms with E-state index >= 15 is 0 Å². The van der Waals surface area contributed by atoms with Crippen LogP contribution in [0.15, 0.2) is 41.5 Å². The Bertz CT molecular complexity index is 907. The van der Waals surface area contributed by atoms with Crippen LogP contribution in [0, 0.1) is 6.92 Å². The first-order valence-electron chi connectivity index (χ1n) is 7.74. The van der Waals surface area contributed by atoms with Gasteiger partial charge in [0.2, 0.25) is 0 Å². The predicted molar refractivity (Wildman–Crippen MR) is 94.8 cm³/mol. The SMILES string of the molecule is Cc1ccnc(Nc2cc3cc[nH]c(=O)c3c(NCCCO)n2)c1. The van der Waals surface area contributed by atoms with Crippen molar-refractivity contribution in [3.63, 3.8) is 0 Å². The van der Waals surface area contributed by atoms with Gasteiger partial charge in [-0.15, -0.1) is 0 Å². The Kier molecular flexibility index (Phi) is 4.72. The van der Waals surface area contributed by atoms with Crippen molar-refractivity contribution in [3.8, 4) is 0 Å². The number of hydrogen-bond donors (Lipinski definition) is 4. The lowest BCUT2D eigenvalue weighted by Crippen LogP contribution is -2.13. The Labute approximate surface area is 138 Å². The van der Waals surface area contributed by atoms with Gasteiger partial charge in [0.25, 0.3) is 5.56 Å². The first kappa shape index (κ1) is 15.9. The molecule has 0 aliphatic carbocycles. The number of anilines is 3. The minimum Gasteiger partial charge on any atom is -0.396 e. The molecule has 0 aromatic carbocycles. The number of fused-ring (bicyclic) bond motifs is 1. The predicted octanol–water partition coefficient (Wildman–Crippen LogP) is 2.16. The highest BCUT2D eigenvalue weighted by Gasteiger charge is 2.10. The lowest BCUT2D eigenvalue weighted by molar-refractivity contribution is 0.292. The lowest BCUT2D eigenvalue weighted by atomic mass is 10.2. The van der Waals surface area contributed by atoms with Gasteiger partial charge < -0.3 is 20.7 Å². The smallest absolute Gasteiger partial charge is 0.259 e. The molecule has 4 N–H and O–H groups in total. The average molecular weight is 325 g/mol. The van der Waals surface area contributed by atoms with E-state index in [-0.39, 0.29) is 12.2 Å². The molecule has 0 saturated heterocycles. The highest BCUT2D eigenvalue weighted by molar-refractivity contribution is 5.93. The normalized spacial score (nSPS) is 10.8. The third kappa shape index (κ3) is 3.52. The van der Waals surface area contributed by atoms with E-state index in [0.29, 0.717) is 35.8 Å². The van der Waals surface area contributed by atoms with Crippen LogP contribution >= 0.6 is 0 Å². The van der Waals surface area contributed by atoms with Crippen LogP contribution in [0.1, 0.15) is 12.0 Å². The van der Waals surface area contributed by atoms with Crippen LogP contribution in [0.5, 0.6) is 0 Å². The largest absolute Gasteiger partial charge is 0.396 e. The Balaban J connectivity index is 2.01. The van der Waals surface area contributed by atoms with Crippen LogP contribution in [-0.4, -0.2) is 33.2 Å². The summed E-state index contributed by atoms with van der Waals surface area (Å²) < 4.78 is 0. The molecule has 0 aliphatic heterocycles. The molecule has 0 unspecified atom stereocenters. The third-order valence-electron chi connectivity index (χ3n) is 3.55. The molecular formula is C17H19N5O2. The fourth-order valence-electron chi connectivity index (χ4n) is 2.43. The van der Waals surface area contributed by atoms with Gasteiger partial charge in [0.1, 0.15) is 17.5 Å². The number of rotatable bonds is 6. The highest BCUT2D eigenvalue weighted by Crippen LogP contribution is 2.23. The topological polar surface area (TPSA) is 103 Å². The van der Waals surface area contributed by atoms with Crippen molar-refractivity contribution in [2.24, 2.45) is 0 Å². The van der Waals surface area contributed by atoms with Crippen LogP contribution in [0.3, 0.4) is 0 Å². The van der Waals surface area contributed by atoms with Gasteiger partial charge in [-0.1, -0.05) is 0 Å². The van der Waals surface area contributed by atoms with Crippen LogP contribution in [-0.2, 0) is 0 Å². The maximum absolute atomic E-state index is 12.1. The molecule has 124 valence electrons. The number of aromatic nitrogens is 3. The molecule has 0 saturated carbocycles. The summed E-state index contributed by atoms with van der Waals surface area (Å²) in [5.74, 6) is 1.77. The number of aliphatic hydroxyl groups is 1. The summed E-state index contributed by atoms with van der Waals surface area (Å²) in [7, 11) is 0. The minimum atomic E-state index is -0.202. The first-order valence-corrected chi connectivity index (χ1v) is 7.74. The quantitative estimate of drug-likeness (QED) is 0.518. The molecule has 0 atom stereocenters. The van der Waals surface area contributed by atoms with Crippen LogP contribution in [0.4, 0.5) is 17.5 Å². The average Bonchev–Trinajstić information content (AvgIpc) is 2.55. The number of aliphatic hydroxyl groups excluding tert-OH is 1. The van der Waals surface area contributed by atoms with Gasteiger partial charge >= 0.3 is 0 Å². The highest BCUT2D eigenvalue weighted by atomic mass is 16.3. The van der Waals surface area contributed by atoms with E-state index in [1.165, 1.54) is 0 Å². The van der Waals surface area contributed by atoms with Gasteiger partial charge in [0, 0.05) is 25.5 Å². The van der Waals surface area contributed by atoms with Crippen molar-refractivity contribution in [2.75, 3.05) is 23.8 Å². The molecule has 3 aromatic rings. The van der Waals surface area contributed by atoms with Crippen LogP contribution in [0.2, 0.25) is 0 Å². The maximum atomic E-state index is 12.1. The zero-order valence-corrected chi connectivity index (χ0v) is 13.3. The number of H-pyrrole nitrogens is 1. The third-order valence-corrected chi connectivity index (χ3v) is 3.55. The lowest BCUT2D eigenvalue weighted by Gasteiger charge is -2.12. The van der Waals surface area contributed by atoms with E-state index in [9.17, 15) is 4.79 Å². The van der Waals surface area contributed by atoms with Gasteiger partial charge in [-0.2, -0.15) is 0 Å². The van der Waals surface area contributed by atoms with Crippen LogP contribution in [0.25, 0.3) is 10.8 Å². The van der Waals surface area contributed by atoms with Gasteiger partial charge in [0.15, 0.2) is 0 Å². The summed E-state index contributed by atoms with van der Waals surface area (Å²) >= 11 is 0. The molecular weight excluding hydrogens is 306 g/mol. The van der Waals surface area contributed by atoms with Crippen molar-refractivity contribution in [1.29, 1.82) is 0 Å². The van der Waals surface area contributed by atoms with Gasteiger partial charge in [-0.3, -0.25) is 4.79 Å². The number of hydrogen-bond acceptors (Lipinski definition) is 6. The van der Waals surface area contributed by atoms with E-state index in [1.54, 1.807) is 12.4 Å². The molecule has 0 radical (unpaired) electrons. The molecule has 7 nitrogen and oxygen atoms in total. The zero-order chi connectivity index (χ0) is 16.9. The Morgan fingerprint density at radius 1 is 1.25 bits per heavy atom. The fraction of sp³-hybridized carbons (Fsp3) is 0.235. The molecule has 0 aliphatic rings. The monoisotopic (exact) mass is 325 g/mol. The Morgan fingerprint density at radius 3 is 2.92 bits per heavy atom. The van der Waals surface area contributed by atoms with Crippen molar-refractivity contribution in [2.45, 2.75) is 13.3 Å². The van der Waals surface area contributed by atoms with E-state index in [1.807, 2.05) is 31.2 Å². The second-order valence-electron chi connectivity index (χ2n) is 5.47. The molecule has 3 heterocycles. The number of aryl methyl sites for hydroxylation is 1. The fourth-order valence-corrected chi connectivity index (χ4v) is 2.43. The number of nitrogens with one attached hydrogen (secondary N) is 3. The molecule has 3 rings (SSSR count). The zero-order valence-electron chi connectivity index (χ0n) is 13.3. The molecule has 0 bridgehead atoms. The van der Waals surface area contributed by atoms with Gasteiger partial charge in [-0.25, -0.2) is 9.97 Å². The summed E-state index contributed by atoms with van der Waals surface area (Å²) in [4.78, 5) is 23.6. The standard InChI is InChI=1S/C17H19N5O2/c1-11-3-6-18-13(9-11)21-14-10-12-4-7-20-17(24)15(12)16(22-14)19-5-2-8-23/h3-4,6-7,9-10,23H,2,5,8H2,1H3,(H,20,24)(H2,18,19,21,22). The summed E-state index contributed by atoms with van der Waals surface area (Å²) in [6.07, 6.45) is 3.91. The summed E-state index contributed by atoms with van der Waals surface area (Å²) in [6.45, 7) is 2.59. The molecule has 24 heavy (non-hydrogen) atoms. The summed E-state index contributed by atoms with van der Waals surface area (Å²) in [6, 6.07) is 7.47.